The molecule has 0 bridgehead atoms. The van der Waals surface area contributed by atoms with Crippen LogP contribution in [0.2, 0.25) is 0 Å². The van der Waals surface area contributed by atoms with E-state index < -0.39 is 18.1 Å². The van der Waals surface area contributed by atoms with Crippen LogP contribution in [-0.2, 0) is 4.79 Å². The number of rotatable bonds is 5. The van der Waals surface area contributed by atoms with Crippen LogP contribution in [0.1, 0.15) is 51.4 Å². The summed E-state index contributed by atoms with van der Waals surface area (Å²) in [5.41, 5.74) is 5.23. The fourth-order valence-corrected chi connectivity index (χ4v) is 2.86. The second-order valence-electron chi connectivity index (χ2n) is 6.28. The lowest BCUT2D eigenvalue weighted by atomic mass is 9.81. The third-order valence-electron chi connectivity index (χ3n) is 4.30. The number of carbonyl (C=O) groups is 1. The van der Waals surface area contributed by atoms with Crippen LogP contribution in [0.25, 0.3) is 0 Å². The standard InChI is InChI=1S/C14H23F3N2O.ClH/c15-14(16,17)8-9-19(10-11-4-5-11)12(20)13(18)6-2-1-3-7-13;/h11H,1-10,18H2;1H. The van der Waals surface area contributed by atoms with Crippen molar-refractivity contribution >= 4 is 18.3 Å². The molecule has 2 fully saturated rings. The molecule has 3 nitrogen and oxygen atoms in total. The van der Waals surface area contributed by atoms with E-state index in [0.29, 0.717) is 25.3 Å². The van der Waals surface area contributed by atoms with E-state index in [1.807, 2.05) is 0 Å². The summed E-state index contributed by atoms with van der Waals surface area (Å²) in [5.74, 6) is 0.104. The van der Waals surface area contributed by atoms with E-state index >= 15 is 0 Å². The minimum Gasteiger partial charge on any atom is -0.340 e. The molecule has 0 radical (unpaired) electrons. The topological polar surface area (TPSA) is 46.3 Å². The maximum Gasteiger partial charge on any atom is 0.390 e. The summed E-state index contributed by atoms with van der Waals surface area (Å²) < 4.78 is 37.2. The molecule has 2 N–H and O–H groups in total. The highest BCUT2D eigenvalue weighted by Crippen LogP contribution is 2.33. The number of halogens is 4. The minimum atomic E-state index is -4.23. The highest BCUT2D eigenvalue weighted by molar-refractivity contribution is 5.86. The van der Waals surface area contributed by atoms with Gasteiger partial charge in [0.15, 0.2) is 0 Å². The third-order valence-corrected chi connectivity index (χ3v) is 4.30. The zero-order valence-corrected chi connectivity index (χ0v) is 12.9. The predicted molar refractivity (Wildman–Crippen MR) is 77.2 cm³/mol. The molecule has 0 aromatic rings. The zero-order valence-electron chi connectivity index (χ0n) is 12.1. The molecule has 0 spiro atoms. The summed E-state index contributed by atoms with van der Waals surface area (Å²) in [6.07, 6.45) is 0.867. The van der Waals surface area contributed by atoms with E-state index in [0.717, 1.165) is 32.1 Å². The first-order valence-corrected chi connectivity index (χ1v) is 7.45. The Hall–Kier alpha value is -0.490. The number of carbonyl (C=O) groups excluding carboxylic acids is 1. The fraction of sp³-hybridized carbons (Fsp3) is 0.929. The lowest BCUT2D eigenvalue weighted by molar-refractivity contribution is -0.149. The first-order valence-electron chi connectivity index (χ1n) is 7.45. The van der Waals surface area contributed by atoms with Crippen molar-refractivity contribution in [3.05, 3.63) is 0 Å². The van der Waals surface area contributed by atoms with Crippen LogP contribution in [0.5, 0.6) is 0 Å². The van der Waals surface area contributed by atoms with Crippen molar-refractivity contribution in [2.45, 2.75) is 63.1 Å². The van der Waals surface area contributed by atoms with Crippen molar-refractivity contribution < 1.29 is 18.0 Å². The van der Waals surface area contributed by atoms with Crippen LogP contribution in [0.15, 0.2) is 0 Å². The molecule has 0 aromatic heterocycles. The molecule has 0 unspecified atom stereocenters. The Bertz CT molecular complexity index is 353. The summed E-state index contributed by atoms with van der Waals surface area (Å²) in [4.78, 5) is 13.9. The predicted octanol–water partition coefficient (Wildman–Crippen LogP) is 3.26. The van der Waals surface area contributed by atoms with Gasteiger partial charge >= 0.3 is 6.18 Å². The minimum absolute atomic E-state index is 0. The number of hydrogen-bond acceptors (Lipinski definition) is 2. The summed E-state index contributed by atoms with van der Waals surface area (Å²) in [7, 11) is 0. The average molecular weight is 329 g/mol. The molecule has 2 saturated carbocycles. The van der Waals surface area contributed by atoms with E-state index in [1.165, 1.54) is 4.90 Å². The van der Waals surface area contributed by atoms with Crippen molar-refractivity contribution in [3.8, 4) is 0 Å². The largest absolute Gasteiger partial charge is 0.390 e. The van der Waals surface area contributed by atoms with Gasteiger partial charge < -0.3 is 10.6 Å². The van der Waals surface area contributed by atoms with Gasteiger partial charge in [-0.05, 0) is 31.6 Å². The van der Waals surface area contributed by atoms with Gasteiger partial charge in [-0.25, -0.2) is 0 Å². The molecule has 2 aliphatic carbocycles. The molecule has 1 amide bonds. The van der Waals surface area contributed by atoms with Crippen LogP contribution in [0.3, 0.4) is 0 Å². The van der Waals surface area contributed by atoms with E-state index in [-0.39, 0.29) is 24.9 Å². The van der Waals surface area contributed by atoms with Gasteiger partial charge in [-0.2, -0.15) is 13.2 Å². The van der Waals surface area contributed by atoms with E-state index in [1.54, 1.807) is 0 Å². The van der Waals surface area contributed by atoms with Gasteiger partial charge in [0.25, 0.3) is 0 Å². The van der Waals surface area contributed by atoms with Crippen LogP contribution in [0.4, 0.5) is 13.2 Å². The number of nitrogens with zero attached hydrogens (tertiary/aromatic N) is 1. The summed E-state index contributed by atoms with van der Waals surface area (Å²) >= 11 is 0. The Morgan fingerprint density at radius 1 is 1.19 bits per heavy atom. The molecular weight excluding hydrogens is 305 g/mol. The van der Waals surface area contributed by atoms with E-state index in [2.05, 4.69) is 0 Å². The molecule has 7 heteroatoms. The van der Waals surface area contributed by atoms with Gasteiger partial charge in [0.05, 0.1) is 12.0 Å². The average Bonchev–Trinajstić information content (AvgIpc) is 3.17. The first kappa shape index (κ1) is 18.6. The number of hydrogen-bond donors (Lipinski definition) is 1. The molecule has 2 rings (SSSR count). The molecule has 0 heterocycles. The first-order chi connectivity index (χ1) is 9.30. The Kier molecular flexibility index (Phi) is 6.35. The molecule has 0 saturated heterocycles. The fourth-order valence-electron chi connectivity index (χ4n) is 2.86. The van der Waals surface area contributed by atoms with Crippen LogP contribution in [-0.4, -0.2) is 35.6 Å². The molecular formula is C14H24ClF3N2O. The van der Waals surface area contributed by atoms with Crippen molar-refractivity contribution in [1.82, 2.24) is 4.90 Å². The Balaban J connectivity index is 0.00000220. The normalized spacial score (nSPS) is 21.5. The third kappa shape index (κ3) is 5.66. The second-order valence-corrected chi connectivity index (χ2v) is 6.28. The monoisotopic (exact) mass is 328 g/mol. The van der Waals surface area contributed by atoms with E-state index in [9.17, 15) is 18.0 Å². The maximum atomic E-state index is 12.5. The molecule has 0 aromatic carbocycles. The van der Waals surface area contributed by atoms with Crippen LogP contribution < -0.4 is 5.73 Å². The molecule has 0 atom stereocenters. The van der Waals surface area contributed by atoms with Gasteiger partial charge in [0.2, 0.25) is 5.91 Å². The van der Waals surface area contributed by atoms with Gasteiger partial charge in [0.1, 0.15) is 0 Å². The van der Waals surface area contributed by atoms with Gasteiger partial charge in [0, 0.05) is 13.1 Å². The molecule has 0 aliphatic heterocycles. The zero-order chi connectivity index (χ0) is 14.8. The number of amides is 1. The smallest absolute Gasteiger partial charge is 0.340 e. The lowest BCUT2D eigenvalue weighted by Gasteiger charge is -2.37. The van der Waals surface area contributed by atoms with Crippen molar-refractivity contribution in [1.29, 1.82) is 0 Å². The Morgan fingerprint density at radius 3 is 2.24 bits per heavy atom. The number of alkyl halides is 3. The van der Waals surface area contributed by atoms with Crippen molar-refractivity contribution in [2.75, 3.05) is 13.1 Å². The second kappa shape index (κ2) is 7.18. The quantitative estimate of drug-likeness (QED) is 0.842. The molecule has 21 heavy (non-hydrogen) atoms. The van der Waals surface area contributed by atoms with Gasteiger partial charge in [-0.1, -0.05) is 19.3 Å². The highest BCUT2D eigenvalue weighted by atomic mass is 35.5. The molecule has 2 aliphatic rings. The highest BCUT2D eigenvalue weighted by Gasteiger charge is 2.41. The van der Waals surface area contributed by atoms with Crippen molar-refractivity contribution in [3.63, 3.8) is 0 Å². The maximum absolute atomic E-state index is 12.5. The summed E-state index contributed by atoms with van der Waals surface area (Å²) in [6.45, 7) is 0.186. The van der Waals surface area contributed by atoms with E-state index in [4.69, 9.17) is 5.73 Å². The Labute approximate surface area is 129 Å². The lowest BCUT2D eigenvalue weighted by Crippen LogP contribution is -2.57. The summed E-state index contributed by atoms with van der Waals surface area (Å²) in [6, 6.07) is 0. The van der Waals surface area contributed by atoms with Gasteiger partial charge in [-0.15, -0.1) is 12.4 Å². The summed E-state index contributed by atoms with van der Waals surface area (Å²) in [5, 5.41) is 0. The number of nitrogens with two attached hydrogens (primary N) is 1. The molecule has 124 valence electrons. The van der Waals surface area contributed by atoms with Gasteiger partial charge in [-0.3, -0.25) is 4.79 Å². The SMILES string of the molecule is Cl.NC1(C(=O)N(CCC(F)(F)F)CC2CC2)CCCCC1. The van der Waals surface area contributed by atoms with Crippen molar-refractivity contribution in [2.24, 2.45) is 11.7 Å². The Morgan fingerprint density at radius 2 is 1.76 bits per heavy atom. The van der Waals surface area contributed by atoms with Crippen LogP contribution in [0, 0.1) is 5.92 Å². The van der Waals surface area contributed by atoms with Crippen LogP contribution >= 0.6 is 12.4 Å².